The van der Waals surface area contributed by atoms with Crippen LogP contribution in [0.4, 0.5) is 0 Å². The first-order chi connectivity index (χ1) is 7.20. The molecule has 5 nitrogen and oxygen atoms in total. The Labute approximate surface area is 85.4 Å². The fourth-order valence-corrected chi connectivity index (χ4v) is 1.21. The lowest BCUT2D eigenvalue weighted by atomic mass is 10.2. The van der Waals surface area contributed by atoms with Crippen LogP contribution in [0.3, 0.4) is 0 Å². The van der Waals surface area contributed by atoms with Gasteiger partial charge in [0.15, 0.2) is 11.3 Å². The zero-order valence-electron chi connectivity index (χ0n) is 7.97. The van der Waals surface area contributed by atoms with Crippen LogP contribution in [0, 0.1) is 0 Å². The number of hydrogen-bond donors (Lipinski definition) is 1. The van der Waals surface area contributed by atoms with Crippen LogP contribution in [0.1, 0.15) is 10.5 Å². The molecule has 0 aliphatic heterocycles. The Morgan fingerprint density at radius 2 is 2.00 bits per heavy atom. The lowest BCUT2D eigenvalue weighted by molar-refractivity contribution is 0.0691. The summed E-state index contributed by atoms with van der Waals surface area (Å²) in [6.07, 6.45) is 0. The number of carbonyl (C=O) groups is 1. The number of pyridine rings is 2. The maximum absolute atomic E-state index is 10.7. The summed E-state index contributed by atoms with van der Waals surface area (Å²) >= 11 is 0. The molecule has 0 fully saturated rings. The molecule has 0 saturated heterocycles. The molecule has 0 spiro atoms. The topological polar surface area (TPSA) is 72.3 Å². The van der Waals surface area contributed by atoms with Crippen LogP contribution in [0.15, 0.2) is 24.3 Å². The first-order valence-corrected chi connectivity index (χ1v) is 4.26. The van der Waals surface area contributed by atoms with E-state index in [4.69, 9.17) is 9.84 Å². The molecule has 1 N–H and O–H groups in total. The van der Waals surface area contributed by atoms with Gasteiger partial charge in [-0.25, -0.2) is 9.78 Å². The number of carboxylic acid groups (broad SMARTS) is 1. The number of aromatic nitrogens is 2. The molecule has 0 aliphatic rings. The highest BCUT2D eigenvalue weighted by molar-refractivity contribution is 5.88. The second-order valence-electron chi connectivity index (χ2n) is 2.90. The predicted octanol–water partition coefficient (Wildman–Crippen LogP) is 1.34. The van der Waals surface area contributed by atoms with E-state index in [0.717, 1.165) is 5.39 Å². The van der Waals surface area contributed by atoms with E-state index in [0.29, 0.717) is 11.5 Å². The number of carboxylic acids is 1. The quantitative estimate of drug-likeness (QED) is 0.799. The third kappa shape index (κ3) is 1.71. The van der Waals surface area contributed by atoms with E-state index in [1.54, 1.807) is 18.2 Å². The van der Waals surface area contributed by atoms with Gasteiger partial charge in [-0.2, -0.15) is 4.98 Å². The number of fused-ring (bicyclic) bond motifs is 1. The van der Waals surface area contributed by atoms with E-state index in [-0.39, 0.29) is 5.69 Å². The van der Waals surface area contributed by atoms with Gasteiger partial charge in [-0.3, -0.25) is 0 Å². The van der Waals surface area contributed by atoms with Crippen LogP contribution in [-0.2, 0) is 0 Å². The summed E-state index contributed by atoms with van der Waals surface area (Å²) in [7, 11) is 1.50. The summed E-state index contributed by atoms with van der Waals surface area (Å²) in [5.41, 5.74) is 0.345. The normalized spacial score (nSPS) is 10.2. The Balaban J connectivity index is 2.62. The number of methoxy groups -OCH3 is 1. The van der Waals surface area contributed by atoms with E-state index in [2.05, 4.69) is 9.97 Å². The van der Waals surface area contributed by atoms with Crippen molar-refractivity contribution in [3.05, 3.63) is 30.0 Å². The van der Waals surface area contributed by atoms with Crippen molar-refractivity contribution in [3.63, 3.8) is 0 Å². The summed E-state index contributed by atoms with van der Waals surface area (Å²) < 4.78 is 4.92. The molecule has 0 unspecified atom stereocenters. The molecular formula is C10H8N2O3. The number of aromatic carboxylic acids is 1. The predicted molar refractivity (Wildman–Crippen MR) is 53.0 cm³/mol. The van der Waals surface area contributed by atoms with Crippen molar-refractivity contribution in [1.82, 2.24) is 9.97 Å². The molecule has 0 aliphatic carbocycles. The fourth-order valence-electron chi connectivity index (χ4n) is 1.21. The third-order valence-corrected chi connectivity index (χ3v) is 1.96. The van der Waals surface area contributed by atoms with Crippen LogP contribution in [0.2, 0.25) is 0 Å². The molecule has 5 heteroatoms. The van der Waals surface area contributed by atoms with E-state index in [9.17, 15) is 4.79 Å². The van der Waals surface area contributed by atoms with E-state index >= 15 is 0 Å². The van der Waals surface area contributed by atoms with E-state index in [1.807, 2.05) is 0 Å². The van der Waals surface area contributed by atoms with Crippen LogP contribution in [0.5, 0.6) is 5.88 Å². The first-order valence-electron chi connectivity index (χ1n) is 4.26. The average molecular weight is 204 g/mol. The molecule has 0 amide bonds. The lowest BCUT2D eigenvalue weighted by Gasteiger charge is -2.01. The smallest absolute Gasteiger partial charge is 0.354 e. The number of ether oxygens (including phenoxy) is 1. The van der Waals surface area contributed by atoms with Crippen molar-refractivity contribution in [1.29, 1.82) is 0 Å². The zero-order valence-corrected chi connectivity index (χ0v) is 7.97. The molecule has 2 rings (SSSR count). The molecular weight excluding hydrogens is 196 g/mol. The van der Waals surface area contributed by atoms with Gasteiger partial charge in [0.25, 0.3) is 0 Å². The van der Waals surface area contributed by atoms with Gasteiger partial charge in [-0.15, -0.1) is 0 Å². The van der Waals surface area contributed by atoms with E-state index < -0.39 is 5.97 Å². The van der Waals surface area contributed by atoms with Gasteiger partial charge < -0.3 is 9.84 Å². The Bertz CT molecular complexity index is 525. The van der Waals surface area contributed by atoms with Crippen molar-refractivity contribution < 1.29 is 14.6 Å². The SMILES string of the molecule is COc1ccc2ccc(C(=O)O)nc2n1. The van der Waals surface area contributed by atoms with Crippen molar-refractivity contribution in [2.45, 2.75) is 0 Å². The minimum atomic E-state index is -1.07. The van der Waals surface area contributed by atoms with E-state index in [1.165, 1.54) is 13.2 Å². The number of hydrogen-bond acceptors (Lipinski definition) is 4. The summed E-state index contributed by atoms with van der Waals surface area (Å²) in [5, 5.41) is 9.53. The summed E-state index contributed by atoms with van der Waals surface area (Å²) in [4.78, 5) is 18.6. The molecule has 0 atom stereocenters. The molecule has 2 aromatic heterocycles. The van der Waals surface area contributed by atoms with Gasteiger partial charge in [-0.05, 0) is 18.2 Å². The molecule has 0 saturated carbocycles. The maximum atomic E-state index is 10.7. The molecule has 2 aromatic rings. The Morgan fingerprint density at radius 1 is 1.27 bits per heavy atom. The third-order valence-electron chi connectivity index (χ3n) is 1.96. The van der Waals surface area contributed by atoms with Gasteiger partial charge in [-0.1, -0.05) is 0 Å². The Kier molecular flexibility index (Phi) is 2.21. The molecule has 76 valence electrons. The fraction of sp³-hybridized carbons (Fsp3) is 0.100. The van der Waals surface area contributed by atoms with Crippen LogP contribution < -0.4 is 4.74 Å². The van der Waals surface area contributed by atoms with Gasteiger partial charge in [0.05, 0.1) is 7.11 Å². The monoisotopic (exact) mass is 204 g/mol. The second kappa shape index (κ2) is 3.53. The Morgan fingerprint density at radius 3 is 2.67 bits per heavy atom. The maximum Gasteiger partial charge on any atom is 0.354 e. The largest absolute Gasteiger partial charge is 0.481 e. The number of nitrogens with zero attached hydrogens (tertiary/aromatic N) is 2. The first kappa shape index (κ1) is 9.39. The minimum Gasteiger partial charge on any atom is -0.481 e. The molecule has 2 heterocycles. The molecule has 15 heavy (non-hydrogen) atoms. The molecule has 0 bridgehead atoms. The molecule has 0 aromatic carbocycles. The standard InChI is InChI=1S/C10H8N2O3/c1-15-8-5-3-6-2-4-7(10(13)14)11-9(6)12-8/h2-5H,1H3,(H,13,14). The van der Waals surface area contributed by atoms with Crippen molar-refractivity contribution >= 4 is 17.0 Å². The number of rotatable bonds is 2. The van der Waals surface area contributed by atoms with Crippen LogP contribution >= 0.6 is 0 Å². The van der Waals surface area contributed by atoms with Gasteiger partial charge in [0, 0.05) is 11.5 Å². The van der Waals surface area contributed by atoms with Gasteiger partial charge >= 0.3 is 5.97 Å². The lowest BCUT2D eigenvalue weighted by Crippen LogP contribution is -2.00. The highest BCUT2D eigenvalue weighted by Gasteiger charge is 2.06. The van der Waals surface area contributed by atoms with Crippen molar-refractivity contribution in [3.8, 4) is 5.88 Å². The van der Waals surface area contributed by atoms with Crippen molar-refractivity contribution in [2.75, 3.05) is 7.11 Å². The van der Waals surface area contributed by atoms with Crippen LogP contribution in [-0.4, -0.2) is 28.2 Å². The summed E-state index contributed by atoms with van der Waals surface area (Å²) in [5.74, 6) is -0.654. The second-order valence-corrected chi connectivity index (χ2v) is 2.90. The average Bonchev–Trinajstić information content (AvgIpc) is 2.27. The van der Waals surface area contributed by atoms with Gasteiger partial charge in [0.1, 0.15) is 0 Å². The van der Waals surface area contributed by atoms with Crippen molar-refractivity contribution in [2.24, 2.45) is 0 Å². The van der Waals surface area contributed by atoms with Gasteiger partial charge in [0.2, 0.25) is 5.88 Å². The van der Waals surface area contributed by atoms with Crippen LogP contribution in [0.25, 0.3) is 11.0 Å². The Hall–Kier alpha value is -2.17. The highest BCUT2D eigenvalue weighted by Crippen LogP contribution is 2.14. The highest BCUT2D eigenvalue weighted by atomic mass is 16.5. The summed E-state index contributed by atoms with van der Waals surface area (Å²) in [6.45, 7) is 0. The molecule has 0 radical (unpaired) electrons. The zero-order chi connectivity index (χ0) is 10.8. The minimum absolute atomic E-state index is 0.0248. The summed E-state index contributed by atoms with van der Waals surface area (Å²) in [6, 6.07) is 6.58.